The van der Waals surface area contributed by atoms with Gasteiger partial charge in [-0.15, -0.1) is 0 Å². The van der Waals surface area contributed by atoms with Crippen LogP contribution in [0.4, 0.5) is 0 Å². The number of hydrogen-bond donors (Lipinski definition) is 1. The van der Waals surface area contributed by atoms with Crippen LogP contribution in [-0.2, 0) is 17.9 Å². The van der Waals surface area contributed by atoms with Crippen molar-refractivity contribution in [1.29, 1.82) is 0 Å². The summed E-state index contributed by atoms with van der Waals surface area (Å²) in [5.74, 6) is 0. The lowest BCUT2D eigenvalue weighted by molar-refractivity contribution is 0.185. The largest absolute Gasteiger partial charge is 0.387 e. The fourth-order valence-electron chi connectivity index (χ4n) is 1.33. The van der Waals surface area contributed by atoms with Crippen LogP contribution in [0.3, 0.4) is 0 Å². The molecule has 0 spiro atoms. The zero-order chi connectivity index (χ0) is 11.6. The number of benzene rings is 1. The van der Waals surface area contributed by atoms with Crippen molar-refractivity contribution < 1.29 is 4.74 Å². The summed E-state index contributed by atoms with van der Waals surface area (Å²) in [6.45, 7) is 3.52. The Bertz CT molecular complexity index is 338. The minimum absolute atomic E-state index is 0.676. The predicted octanol–water partition coefficient (Wildman–Crippen LogP) is 3.01. The number of methoxy groups -OCH3 is 1. The summed E-state index contributed by atoms with van der Waals surface area (Å²) in [4.78, 5) is 0. The van der Waals surface area contributed by atoms with Gasteiger partial charge in [0.25, 0.3) is 0 Å². The lowest BCUT2D eigenvalue weighted by atomic mass is 10.1. The first kappa shape index (κ1) is 12.5. The maximum Gasteiger partial charge on any atom is 0.0713 e. The number of ether oxygens (including phenoxy) is 1. The molecule has 0 aromatic heterocycles. The van der Waals surface area contributed by atoms with Crippen molar-refractivity contribution in [3.63, 3.8) is 0 Å². The Labute approximate surface area is 97.6 Å². The van der Waals surface area contributed by atoms with E-state index in [0.29, 0.717) is 6.61 Å². The number of nitrogens with one attached hydrogen (secondary N) is 1. The second-order valence-corrected chi connectivity index (χ2v) is 3.52. The van der Waals surface area contributed by atoms with Gasteiger partial charge in [0.05, 0.1) is 6.61 Å². The number of hydrogen-bond acceptors (Lipinski definition) is 2. The van der Waals surface area contributed by atoms with Crippen molar-refractivity contribution in [1.82, 2.24) is 5.32 Å². The molecule has 0 atom stereocenters. The van der Waals surface area contributed by atoms with E-state index < -0.39 is 0 Å². The first-order chi connectivity index (χ1) is 7.86. The lowest BCUT2D eigenvalue weighted by Gasteiger charge is -2.03. The third-order valence-corrected chi connectivity index (χ3v) is 2.16. The Balaban J connectivity index is 2.37. The first-order valence-electron chi connectivity index (χ1n) is 5.44. The molecular formula is C14H19NO. The molecule has 0 heterocycles. The highest BCUT2D eigenvalue weighted by Crippen LogP contribution is 2.05. The molecule has 1 N–H and O–H groups in total. The normalized spacial score (nSPS) is 11.4. The molecule has 0 aliphatic rings. The van der Waals surface area contributed by atoms with Gasteiger partial charge in [-0.2, -0.15) is 0 Å². The molecule has 0 amide bonds. The van der Waals surface area contributed by atoms with Crippen LogP contribution < -0.4 is 5.32 Å². The maximum absolute atomic E-state index is 5.06. The first-order valence-corrected chi connectivity index (χ1v) is 5.44. The summed E-state index contributed by atoms with van der Waals surface area (Å²) >= 11 is 0. The molecule has 0 bridgehead atoms. The van der Waals surface area contributed by atoms with Gasteiger partial charge in [-0.3, -0.25) is 0 Å². The van der Waals surface area contributed by atoms with Gasteiger partial charge in [0.2, 0.25) is 0 Å². The third-order valence-electron chi connectivity index (χ3n) is 2.16. The Hall–Kier alpha value is -1.54. The molecule has 0 aliphatic heterocycles. The van der Waals surface area contributed by atoms with Crippen LogP contribution >= 0.6 is 0 Å². The topological polar surface area (TPSA) is 21.3 Å². The highest BCUT2D eigenvalue weighted by molar-refractivity contribution is 5.22. The predicted molar refractivity (Wildman–Crippen MR) is 67.9 cm³/mol. The average molecular weight is 217 g/mol. The summed E-state index contributed by atoms with van der Waals surface area (Å²) in [6, 6.07) is 8.42. The average Bonchev–Trinajstić information content (AvgIpc) is 2.31. The van der Waals surface area contributed by atoms with Gasteiger partial charge in [0.15, 0.2) is 0 Å². The van der Waals surface area contributed by atoms with Gasteiger partial charge in [0, 0.05) is 13.7 Å². The van der Waals surface area contributed by atoms with Gasteiger partial charge < -0.3 is 10.1 Å². The molecule has 0 fully saturated rings. The van der Waals surface area contributed by atoms with Gasteiger partial charge in [-0.1, -0.05) is 36.4 Å². The highest BCUT2D eigenvalue weighted by atomic mass is 16.5. The monoisotopic (exact) mass is 217 g/mol. The third kappa shape index (κ3) is 4.80. The van der Waals surface area contributed by atoms with Gasteiger partial charge in [-0.25, -0.2) is 0 Å². The minimum atomic E-state index is 0.676. The van der Waals surface area contributed by atoms with Crippen LogP contribution in [0, 0.1) is 0 Å². The summed E-state index contributed by atoms with van der Waals surface area (Å²) in [5.41, 5.74) is 2.47. The molecule has 1 aromatic carbocycles. The van der Waals surface area contributed by atoms with Crippen LogP contribution in [0.5, 0.6) is 0 Å². The minimum Gasteiger partial charge on any atom is -0.387 e. The SMILES string of the molecule is C/C=C\C=C/NCc1ccc(COC)cc1. The van der Waals surface area contributed by atoms with Crippen molar-refractivity contribution in [2.45, 2.75) is 20.1 Å². The highest BCUT2D eigenvalue weighted by Gasteiger charge is 1.92. The van der Waals surface area contributed by atoms with E-state index in [9.17, 15) is 0 Å². The Morgan fingerprint density at radius 1 is 1.12 bits per heavy atom. The number of rotatable bonds is 6. The van der Waals surface area contributed by atoms with Crippen molar-refractivity contribution in [3.05, 3.63) is 59.8 Å². The van der Waals surface area contributed by atoms with Crippen molar-refractivity contribution >= 4 is 0 Å². The molecule has 0 saturated heterocycles. The Morgan fingerprint density at radius 3 is 2.44 bits per heavy atom. The van der Waals surface area contributed by atoms with E-state index >= 15 is 0 Å². The second kappa shape index (κ2) is 7.71. The van der Waals surface area contributed by atoms with Crippen LogP contribution in [0.25, 0.3) is 0 Å². The summed E-state index contributed by atoms with van der Waals surface area (Å²) in [5, 5.41) is 3.22. The molecule has 1 rings (SSSR count). The Morgan fingerprint density at radius 2 is 1.81 bits per heavy atom. The van der Waals surface area contributed by atoms with Crippen LogP contribution in [0.1, 0.15) is 18.1 Å². The quantitative estimate of drug-likeness (QED) is 0.740. The summed E-state index contributed by atoms with van der Waals surface area (Å²) < 4.78 is 5.06. The van der Waals surface area contributed by atoms with E-state index in [1.165, 1.54) is 11.1 Å². The second-order valence-electron chi connectivity index (χ2n) is 3.52. The van der Waals surface area contributed by atoms with Crippen molar-refractivity contribution in [2.75, 3.05) is 7.11 Å². The zero-order valence-corrected chi connectivity index (χ0v) is 9.94. The van der Waals surface area contributed by atoms with E-state index in [1.807, 2.05) is 31.4 Å². The van der Waals surface area contributed by atoms with Crippen LogP contribution in [-0.4, -0.2) is 7.11 Å². The van der Waals surface area contributed by atoms with E-state index in [-0.39, 0.29) is 0 Å². The molecule has 2 heteroatoms. The fraction of sp³-hybridized carbons (Fsp3) is 0.286. The molecule has 0 unspecified atom stereocenters. The molecule has 0 radical (unpaired) electrons. The summed E-state index contributed by atoms with van der Waals surface area (Å²) in [7, 11) is 1.71. The molecule has 0 aliphatic carbocycles. The van der Waals surface area contributed by atoms with Crippen molar-refractivity contribution in [2.24, 2.45) is 0 Å². The van der Waals surface area contributed by atoms with Gasteiger partial charge in [0.1, 0.15) is 0 Å². The maximum atomic E-state index is 5.06. The zero-order valence-electron chi connectivity index (χ0n) is 9.94. The molecule has 16 heavy (non-hydrogen) atoms. The molecule has 2 nitrogen and oxygen atoms in total. The fourth-order valence-corrected chi connectivity index (χ4v) is 1.33. The van der Waals surface area contributed by atoms with E-state index in [4.69, 9.17) is 4.74 Å². The van der Waals surface area contributed by atoms with E-state index in [2.05, 4.69) is 29.6 Å². The van der Waals surface area contributed by atoms with Gasteiger partial charge >= 0.3 is 0 Å². The molecule has 86 valence electrons. The standard InChI is InChI=1S/C14H19NO/c1-3-4-5-10-15-11-13-6-8-14(9-7-13)12-16-2/h3-10,15H,11-12H2,1-2H3/b4-3-,10-5-. The molecular weight excluding hydrogens is 198 g/mol. The van der Waals surface area contributed by atoms with Crippen molar-refractivity contribution in [3.8, 4) is 0 Å². The van der Waals surface area contributed by atoms with Crippen LogP contribution in [0.15, 0.2) is 48.7 Å². The summed E-state index contributed by atoms with van der Waals surface area (Å²) in [6.07, 6.45) is 7.93. The van der Waals surface area contributed by atoms with E-state index in [0.717, 1.165) is 6.54 Å². The van der Waals surface area contributed by atoms with Crippen LogP contribution in [0.2, 0.25) is 0 Å². The van der Waals surface area contributed by atoms with Gasteiger partial charge in [-0.05, 0) is 30.3 Å². The van der Waals surface area contributed by atoms with E-state index in [1.54, 1.807) is 7.11 Å². The smallest absolute Gasteiger partial charge is 0.0713 e. The lowest BCUT2D eigenvalue weighted by Crippen LogP contribution is -2.04. The molecule has 1 aromatic rings. The number of allylic oxidation sites excluding steroid dienone is 3. The Kier molecular flexibility index (Phi) is 6.04. The molecule has 0 saturated carbocycles.